The summed E-state index contributed by atoms with van der Waals surface area (Å²) in [6, 6.07) is 9.29. The summed E-state index contributed by atoms with van der Waals surface area (Å²) in [4.78, 5) is 28.1. The third-order valence-corrected chi connectivity index (χ3v) is 5.00. The molecule has 2 heterocycles. The van der Waals surface area contributed by atoms with Crippen LogP contribution in [-0.2, 0) is 16.1 Å². The lowest BCUT2D eigenvalue weighted by atomic mass is 9.97. The van der Waals surface area contributed by atoms with Crippen LogP contribution in [-0.4, -0.2) is 35.4 Å². The number of carboxylic acids is 1. The van der Waals surface area contributed by atoms with Gasteiger partial charge in [-0.15, -0.1) is 11.3 Å². The maximum Gasteiger partial charge on any atom is 0.413 e. The zero-order valence-electron chi connectivity index (χ0n) is 13.4. The molecular formula is C17H18N2O5S. The monoisotopic (exact) mass is 362 g/mol. The Morgan fingerprint density at radius 1 is 1.28 bits per heavy atom. The van der Waals surface area contributed by atoms with Gasteiger partial charge in [0.05, 0.1) is 0 Å². The van der Waals surface area contributed by atoms with Crippen molar-refractivity contribution in [2.24, 2.45) is 0 Å². The third kappa shape index (κ3) is 4.55. The van der Waals surface area contributed by atoms with Gasteiger partial charge in [-0.2, -0.15) is 0 Å². The maximum atomic E-state index is 11.9. The average Bonchev–Trinajstić information content (AvgIpc) is 3.06. The molecule has 1 aliphatic heterocycles. The number of ether oxygens (including phenoxy) is 2. The van der Waals surface area contributed by atoms with Crippen molar-refractivity contribution in [1.29, 1.82) is 0 Å². The Kier molecular flexibility index (Phi) is 5.62. The van der Waals surface area contributed by atoms with Gasteiger partial charge in [-0.25, -0.2) is 14.6 Å². The molecule has 25 heavy (non-hydrogen) atoms. The number of aromatic nitrogens is 1. The minimum absolute atomic E-state index is 0.00439. The molecule has 0 radical (unpaired) electrons. The molecule has 0 saturated carbocycles. The van der Waals surface area contributed by atoms with Gasteiger partial charge in [-0.1, -0.05) is 30.3 Å². The van der Waals surface area contributed by atoms with Crippen LogP contribution in [0.4, 0.5) is 9.93 Å². The summed E-state index contributed by atoms with van der Waals surface area (Å²) < 4.78 is 10.5. The van der Waals surface area contributed by atoms with E-state index < -0.39 is 12.1 Å². The topological polar surface area (TPSA) is 97.8 Å². The first kappa shape index (κ1) is 17.4. The summed E-state index contributed by atoms with van der Waals surface area (Å²) in [5.41, 5.74) is 0.862. The molecule has 0 bridgehead atoms. The maximum absolute atomic E-state index is 11.9. The van der Waals surface area contributed by atoms with Gasteiger partial charge in [0.15, 0.2) is 10.8 Å². The van der Waals surface area contributed by atoms with E-state index in [9.17, 15) is 14.7 Å². The van der Waals surface area contributed by atoms with Crippen molar-refractivity contribution in [1.82, 2.24) is 4.98 Å². The van der Waals surface area contributed by atoms with Crippen molar-refractivity contribution >= 4 is 28.5 Å². The summed E-state index contributed by atoms with van der Waals surface area (Å²) >= 11 is 1.18. The molecule has 0 spiro atoms. The molecule has 2 N–H and O–H groups in total. The predicted octanol–water partition coefficient (Wildman–Crippen LogP) is 3.48. The average molecular weight is 362 g/mol. The van der Waals surface area contributed by atoms with Crippen LogP contribution in [0.5, 0.6) is 0 Å². The number of benzene rings is 1. The Bertz CT molecular complexity index is 741. The minimum atomic E-state index is -1.09. The molecule has 1 fully saturated rings. The van der Waals surface area contributed by atoms with Crippen LogP contribution in [0.3, 0.4) is 0 Å². The lowest BCUT2D eigenvalue weighted by Crippen LogP contribution is -2.15. The van der Waals surface area contributed by atoms with Crippen LogP contribution < -0.4 is 5.32 Å². The van der Waals surface area contributed by atoms with Crippen molar-refractivity contribution in [2.45, 2.75) is 25.4 Å². The van der Waals surface area contributed by atoms with Gasteiger partial charge in [0.1, 0.15) is 6.61 Å². The van der Waals surface area contributed by atoms with E-state index in [2.05, 4.69) is 10.3 Å². The van der Waals surface area contributed by atoms with Crippen LogP contribution in [0, 0.1) is 0 Å². The van der Waals surface area contributed by atoms with Crippen LogP contribution in [0.25, 0.3) is 0 Å². The summed E-state index contributed by atoms with van der Waals surface area (Å²) in [6.07, 6.45) is 0.842. The number of rotatable bonds is 5. The smallest absolute Gasteiger partial charge is 0.413 e. The fraction of sp³-hybridized carbons (Fsp3) is 0.353. The van der Waals surface area contributed by atoms with E-state index >= 15 is 0 Å². The van der Waals surface area contributed by atoms with Crippen LogP contribution in [0.2, 0.25) is 0 Å². The van der Waals surface area contributed by atoms with Gasteiger partial charge in [-0.3, -0.25) is 5.32 Å². The molecule has 0 aliphatic carbocycles. The molecule has 7 nitrogen and oxygen atoms in total. The van der Waals surface area contributed by atoms with Crippen molar-refractivity contribution in [3.05, 3.63) is 46.5 Å². The number of aromatic carboxylic acids is 1. The summed E-state index contributed by atoms with van der Waals surface area (Å²) in [5.74, 6) is -1.00. The van der Waals surface area contributed by atoms with Gasteiger partial charge in [0.25, 0.3) is 0 Å². The van der Waals surface area contributed by atoms with Crippen LogP contribution >= 0.6 is 11.3 Å². The summed E-state index contributed by atoms with van der Waals surface area (Å²) in [5, 5.41) is 12.1. The quantitative estimate of drug-likeness (QED) is 0.845. The second kappa shape index (κ2) is 8.09. The minimum Gasteiger partial charge on any atom is -0.476 e. The number of anilines is 1. The molecule has 1 amide bonds. The highest BCUT2D eigenvalue weighted by atomic mass is 32.1. The van der Waals surface area contributed by atoms with E-state index in [1.807, 2.05) is 30.3 Å². The van der Waals surface area contributed by atoms with Gasteiger partial charge in [-0.05, 0) is 18.4 Å². The molecule has 2 aromatic rings. The first-order valence-corrected chi connectivity index (χ1v) is 8.74. The number of hydrogen-bond acceptors (Lipinski definition) is 6. The van der Waals surface area contributed by atoms with Crippen LogP contribution in [0.1, 0.15) is 39.7 Å². The van der Waals surface area contributed by atoms with Gasteiger partial charge in [0.2, 0.25) is 0 Å². The Morgan fingerprint density at radius 3 is 2.68 bits per heavy atom. The van der Waals surface area contributed by atoms with Gasteiger partial charge in [0, 0.05) is 24.0 Å². The van der Waals surface area contributed by atoms with E-state index in [-0.39, 0.29) is 23.4 Å². The lowest BCUT2D eigenvalue weighted by Gasteiger charge is -2.20. The summed E-state index contributed by atoms with van der Waals surface area (Å²) in [7, 11) is 0. The number of nitrogens with zero attached hydrogens (tertiary/aromatic N) is 1. The first-order valence-electron chi connectivity index (χ1n) is 7.93. The molecule has 0 atom stereocenters. The molecule has 0 unspecified atom stereocenters. The normalized spacial score (nSPS) is 14.9. The third-order valence-electron chi connectivity index (χ3n) is 3.87. The van der Waals surface area contributed by atoms with Gasteiger partial charge < -0.3 is 14.6 Å². The molecule has 3 rings (SSSR count). The van der Waals surface area contributed by atoms with Crippen molar-refractivity contribution in [3.63, 3.8) is 0 Å². The number of amides is 1. The molecule has 1 aromatic carbocycles. The van der Waals surface area contributed by atoms with E-state index in [4.69, 9.17) is 9.47 Å². The molecule has 8 heteroatoms. The highest BCUT2D eigenvalue weighted by Crippen LogP contribution is 2.36. The Labute approximate surface area is 148 Å². The molecule has 1 aromatic heterocycles. The zero-order chi connectivity index (χ0) is 17.6. The molecule has 132 valence electrons. The second-order valence-corrected chi connectivity index (χ2v) is 6.64. The van der Waals surface area contributed by atoms with E-state index in [0.717, 1.165) is 18.4 Å². The van der Waals surface area contributed by atoms with E-state index in [1.165, 1.54) is 11.3 Å². The molecule has 1 saturated heterocycles. The fourth-order valence-electron chi connectivity index (χ4n) is 2.62. The largest absolute Gasteiger partial charge is 0.476 e. The SMILES string of the molecule is O=C(Nc1nc(C(=O)O)c(C2CCOCC2)s1)OCc1ccccc1. The highest BCUT2D eigenvalue weighted by Gasteiger charge is 2.26. The number of thiazole rings is 1. The lowest BCUT2D eigenvalue weighted by molar-refractivity contribution is 0.0680. The summed E-state index contributed by atoms with van der Waals surface area (Å²) in [6.45, 7) is 1.34. The van der Waals surface area contributed by atoms with Crippen molar-refractivity contribution in [3.8, 4) is 0 Å². The zero-order valence-corrected chi connectivity index (χ0v) is 14.3. The van der Waals surface area contributed by atoms with Crippen molar-refractivity contribution in [2.75, 3.05) is 18.5 Å². The number of nitrogens with one attached hydrogen (secondary N) is 1. The standard InChI is InChI=1S/C17H18N2O5S/c20-15(21)13-14(12-6-8-23-9-7-12)25-16(18-13)19-17(22)24-10-11-4-2-1-3-5-11/h1-5,12H,6-10H2,(H,20,21)(H,18,19,22). The van der Waals surface area contributed by atoms with Crippen molar-refractivity contribution < 1.29 is 24.2 Å². The Hall–Kier alpha value is -2.45. The van der Waals surface area contributed by atoms with E-state index in [1.54, 1.807) is 0 Å². The second-order valence-electron chi connectivity index (χ2n) is 5.61. The first-order chi connectivity index (χ1) is 12.1. The number of carboxylic acid groups (broad SMARTS) is 1. The predicted molar refractivity (Wildman–Crippen MR) is 92.1 cm³/mol. The van der Waals surface area contributed by atoms with Crippen LogP contribution in [0.15, 0.2) is 30.3 Å². The highest BCUT2D eigenvalue weighted by molar-refractivity contribution is 7.16. The number of carbonyl (C=O) groups is 2. The number of hydrogen-bond donors (Lipinski definition) is 2. The van der Waals surface area contributed by atoms with Gasteiger partial charge >= 0.3 is 12.1 Å². The molecule has 1 aliphatic rings. The Morgan fingerprint density at radius 2 is 2.00 bits per heavy atom. The number of carbonyl (C=O) groups excluding carboxylic acids is 1. The van der Waals surface area contributed by atoms with E-state index in [0.29, 0.717) is 18.1 Å². The molecular weight excluding hydrogens is 344 g/mol. The Balaban J connectivity index is 1.65. The fourth-order valence-corrected chi connectivity index (χ4v) is 3.73.